The van der Waals surface area contributed by atoms with Gasteiger partial charge in [0.25, 0.3) is 0 Å². The highest BCUT2D eigenvalue weighted by molar-refractivity contribution is 6.30. The average molecular weight is 555 g/mol. The minimum absolute atomic E-state index is 0.0586. The number of halogens is 1. The standard InChI is InChI=1S/C34H49ClNO3/c1-3-4-5-6-7-8-9-10-11-12-13-14-15-20-34(37)38-26-36(2)24-30-28-18-16-17-19-32(28)39-33-22-21-27(35)23-29(33)31(30)25-36/h16-19,21-23,30-31H,3-15,20,24-26H2,1-2H3/q+1. The van der Waals surface area contributed by atoms with Crippen LogP contribution in [-0.4, -0.2) is 37.3 Å². The Balaban J connectivity index is 1.16. The van der Waals surface area contributed by atoms with E-state index < -0.39 is 0 Å². The van der Waals surface area contributed by atoms with Gasteiger partial charge < -0.3 is 9.47 Å². The molecule has 214 valence electrons. The van der Waals surface area contributed by atoms with E-state index in [0.717, 1.165) is 48.0 Å². The van der Waals surface area contributed by atoms with Crippen LogP contribution in [0.25, 0.3) is 0 Å². The van der Waals surface area contributed by atoms with Crippen molar-refractivity contribution in [3.05, 3.63) is 58.6 Å². The minimum atomic E-state index is -0.0586. The minimum Gasteiger partial charge on any atom is -0.457 e. The molecule has 0 aliphatic carbocycles. The SMILES string of the molecule is CCCCCCCCCCCCCCCC(=O)OC[N+]1(C)CC2c3ccccc3Oc3ccc(Cl)cc3C2C1. The number of carbonyl (C=O) groups is 1. The van der Waals surface area contributed by atoms with E-state index in [1.54, 1.807) is 0 Å². The number of likely N-dealkylation sites (tertiary alicyclic amines) is 1. The van der Waals surface area contributed by atoms with Crippen LogP contribution in [0.5, 0.6) is 11.5 Å². The Bertz CT molecular complexity index is 1060. The van der Waals surface area contributed by atoms with E-state index in [4.69, 9.17) is 21.1 Å². The first-order valence-corrected chi connectivity index (χ1v) is 15.9. The van der Waals surface area contributed by atoms with Crippen molar-refractivity contribution in [3.63, 3.8) is 0 Å². The fourth-order valence-electron chi connectivity index (χ4n) is 6.50. The van der Waals surface area contributed by atoms with Crippen molar-refractivity contribution in [2.24, 2.45) is 0 Å². The van der Waals surface area contributed by atoms with Crippen LogP contribution in [-0.2, 0) is 9.53 Å². The molecule has 0 saturated carbocycles. The van der Waals surface area contributed by atoms with E-state index in [-0.39, 0.29) is 11.9 Å². The summed E-state index contributed by atoms with van der Waals surface area (Å²) in [4.78, 5) is 12.6. The van der Waals surface area contributed by atoms with E-state index in [9.17, 15) is 4.79 Å². The molecule has 2 aromatic carbocycles. The largest absolute Gasteiger partial charge is 0.457 e. The zero-order chi connectivity index (χ0) is 27.5. The Morgan fingerprint density at radius 3 is 2.05 bits per heavy atom. The Hall–Kier alpha value is -2.04. The van der Waals surface area contributed by atoms with Gasteiger partial charge in [-0.25, -0.2) is 0 Å². The van der Waals surface area contributed by atoms with Crippen LogP contribution in [0.3, 0.4) is 0 Å². The molecular weight excluding hydrogens is 506 g/mol. The molecular formula is C34H49ClNO3+. The third-order valence-electron chi connectivity index (χ3n) is 8.69. The number of fused-ring (bicyclic) bond motifs is 5. The number of quaternary nitrogens is 1. The second-order valence-electron chi connectivity index (χ2n) is 12.2. The van der Waals surface area contributed by atoms with Crippen LogP contribution >= 0.6 is 11.6 Å². The number of ether oxygens (including phenoxy) is 2. The zero-order valence-corrected chi connectivity index (χ0v) is 25.0. The number of benzene rings is 2. The highest BCUT2D eigenvalue weighted by atomic mass is 35.5. The molecule has 2 aliphatic rings. The number of esters is 1. The lowest BCUT2D eigenvalue weighted by molar-refractivity contribution is -0.915. The summed E-state index contributed by atoms with van der Waals surface area (Å²) in [6.07, 6.45) is 17.5. The predicted octanol–water partition coefficient (Wildman–Crippen LogP) is 9.76. The number of para-hydroxylation sites is 1. The summed E-state index contributed by atoms with van der Waals surface area (Å²) in [6.45, 7) is 4.49. The van der Waals surface area contributed by atoms with Crippen molar-refractivity contribution in [1.82, 2.24) is 0 Å². The fraction of sp³-hybridized carbons (Fsp3) is 0.618. The van der Waals surface area contributed by atoms with Gasteiger partial charge in [-0.2, -0.15) is 0 Å². The molecule has 4 rings (SSSR count). The summed E-state index contributed by atoms with van der Waals surface area (Å²) in [5.74, 6) is 2.31. The van der Waals surface area contributed by atoms with Crippen LogP contribution in [0.1, 0.15) is 120 Å². The number of hydrogen-bond donors (Lipinski definition) is 0. The van der Waals surface area contributed by atoms with Gasteiger partial charge in [0, 0.05) is 34.4 Å². The van der Waals surface area contributed by atoms with E-state index in [1.807, 2.05) is 24.3 Å². The van der Waals surface area contributed by atoms with Gasteiger partial charge in [0.2, 0.25) is 6.73 Å². The molecule has 1 fully saturated rings. The van der Waals surface area contributed by atoms with Crippen molar-refractivity contribution in [3.8, 4) is 11.5 Å². The molecule has 2 aliphatic heterocycles. The highest BCUT2D eigenvalue weighted by Gasteiger charge is 2.48. The van der Waals surface area contributed by atoms with Crippen LogP contribution < -0.4 is 4.74 Å². The molecule has 0 spiro atoms. The van der Waals surface area contributed by atoms with Gasteiger partial charge >= 0.3 is 5.97 Å². The molecule has 0 radical (unpaired) electrons. The monoisotopic (exact) mass is 554 g/mol. The molecule has 0 aromatic heterocycles. The molecule has 3 unspecified atom stereocenters. The van der Waals surface area contributed by atoms with Crippen LogP contribution in [0.15, 0.2) is 42.5 Å². The highest BCUT2D eigenvalue weighted by Crippen LogP contribution is 2.51. The van der Waals surface area contributed by atoms with Crippen molar-refractivity contribution >= 4 is 17.6 Å². The summed E-state index contributed by atoms with van der Waals surface area (Å²) in [7, 11) is 2.21. The topological polar surface area (TPSA) is 35.5 Å². The zero-order valence-electron chi connectivity index (χ0n) is 24.3. The third kappa shape index (κ3) is 8.72. The second-order valence-corrected chi connectivity index (χ2v) is 12.6. The Morgan fingerprint density at radius 2 is 1.38 bits per heavy atom. The lowest BCUT2D eigenvalue weighted by Crippen LogP contribution is -2.44. The summed E-state index contributed by atoms with van der Waals surface area (Å²) in [5.41, 5.74) is 2.39. The smallest absolute Gasteiger partial charge is 0.310 e. The molecule has 0 bridgehead atoms. The summed E-state index contributed by atoms with van der Waals surface area (Å²) in [5, 5.41) is 0.729. The first-order valence-electron chi connectivity index (χ1n) is 15.5. The maximum Gasteiger partial charge on any atom is 0.310 e. The Kier molecular flexibility index (Phi) is 11.6. The van der Waals surface area contributed by atoms with Gasteiger partial charge in [0.05, 0.1) is 20.1 Å². The number of nitrogens with zero attached hydrogens (tertiary/aromatic N) is 1. The van der Waals surface area contributed by atoms with Crippen LogP contribution in [0.2, 0.25) is 5.02 Å². The fourth-order valence-corrected chi connectivity index (χ4v) is 6.68. The normalized spacial score (nSPS) is 21.4. The molecule has 2 aromatic rings. The molecule has 2 heterocycles. The first-order chi connectivity index (χ1) is 19.0. The molecule has 5 heteroatoms. The number of hydrogen-bond acceptors (Lipinski definition) is 3. The maximum absolute atomic E-state index is 12.6. The van der Waals surface area contributed by atoms with E-state index in [0.29, 0.717) is 23.6 Å². The van der Waals surface area contributed by atoms with Gasteiger partial charge in [-0.15, -0.1) is 0 Å². The van der Waals surface area contributed by atoms with Crippen LogP contribution in [0.4, 0.5) is 0 Å². The Labute approximate surface area is 241 Å². The van der Waals surface area contributed by atoms with Crippen LogP contribution in [0, 0.1) is 0 Å². The molecule has 1 saturated heterocycles. The van der Waals surface area contributed by atoms with Crippen molar-refractivity contribution in [1.29, 1.82) is 0 Å². The Morgan fingerprint density at radius 1 is 0.821 bits per heavy atom. The van der Waals surface area contributed by atoms with E-state index >= 15 is 0 Å². The number of likely N-dealkylation sites (N-methyl/N-ethyl adjacent to an activating group) is 1. The van der Waals surface area contributed by atoms with Gasteiger partial charge in [-0.3, -0.25) is 9.28 Å². The van der Waals surface area contributed by atoms with Crippen molar-refractivity contribution in [2.75, 3.05) is 26.9 Å². The lowest BCUT2D eigenvalue weighted by Gasteiger charge is -2.29. The van der Waals surface area contributed by atoms with Gasteiger partial charge in [0.1, 0.15) is 11.5 Å². The number of rotatable bonds is 16. The lowest BCUT2D eigenvalue weighted by atomic mass is 9.84. The van der Waals surface area contributed by atoms with Crippen molar-refractivity contribution in [2.45, 2.75) is 109 Å². The van der Waals surface area contributed by atoms with Gasteiger partial charge in [0.15, 0.2) is 0 Å². The second kappa shape index (κ2) is 15.1. The van der Waals surface area contributed by atoms with E-state index in [2.05, 4.69) is 32.2 Å². The van der Waals surface area contributed by atoms with Crippen molar-refractivity contribution < 1.29 is 18.8 Å². The van der Waals surface area contributed by atoms with Gasteiger partial charge in [-0.05, 0) is 30.7 Å². The molecule has 3 atom stereocenters. The summed E-state index contributed by atoms with van der Waals surface area (Å²) < 4.78 is 12.9. The quantitative estimate of drug-likeness (QED) is 0.118. The molecule has 0 amide bonds. The predicted molar refractivity (Wildman–Crippen MR) is 161 cm³/mol. The maximum atomic E-state index is 12.6. The average Bonchev–Trinajstić information content (AvgIpc) is 3.23. The molecule has 39 heavy (non-hydrogen) atoms. The number of carbonyl (C=O) groups excluding carboxylic acids is 1. The molecule has 0 N–H and O–H groups in total. The number of unbranched alkanes of at least 4 members (excludes halogenated alkanes) is 12. The summed E-state index contributed by atoms with van der Waals surface area (Å²) >= 11 is 6.40. The first kappa shape index (κ1) is 29.9. The third-order valence-corrected chi connectivity index (χ3v) is 8.93. The molecule has 4 nitrogen and oxygen atoms in total. The van der Waals surface area contributed by atoms with Gasteiger partial charge in [-0.1, -0.05) is 114 Å². The van der Waals surface area contributed by atoms with E-state index in [1.165, 1.54) is 76.2 Å². The summed E-state index contributed by atoms with van der Waals surface area (Å²) in [6, 6.07) is 14.3.